The average Bonchev–Trinajstić information content (AvgIpc) is 3.45. The highest BCUT2D eigenvalue weighted by atomic mass is 16.2. The molecule has 0 fully saturated rings. The van der Waals surface area contributed by atoms with Crippen molar-refractivity contribution in [3.8, 4) is 11.3 Å². The van der Waals surface area contributed by atoms with Crippen molar-refractivity contribution in [1.82, 2.24) is 4.57 Å². The molecule has 2 aliphatic rings. The molecule has 0 saturated heterocycles. The summed E-state index contributed by atoms with van der Waals surface area (Å²) in [7, 11) is 0. The molecule has 3 heterocycles. The van der Waals surface area contributed by atoms with Crippen LogP contribution in [0, 0.1) is 13.8 Å². The number of nitrogens with one attached hydrogen (secondary N) is 1. The number of aromatic nitrogens is 1. The molecule has 8 rings (SSSR count). The topological polar surface area (TPSA) is 37.3 Å². The number of hydrogen-bond acceptors (Lipinski definition) is 2. The van der Waals surface area contributed by atoms with Crippen LogP contribution < -0.4 is 10.2 Å². The Morgan fingerprint density at radius 2 is 1.38 bits per heavy atom. The maximum Gasteiger partial charge on any atom is 0.262 e. The SMILES string of the molecule is Cc1ccc(CN2C(=O)C3(Nc4ccccc4-c4c3c3ccccc3n4Cc3ccccc3)c3cc(C)ccc32)cc1. The van der Waals surface area contributed by atoms with Crippen molar-refractivity contribution in [2.45, 2.75) is 32.5 Å². The Balaban J connectivity index is 1.43. The lowest BCUT2D eigenvalue weighted by Crippen LogP contribution is -2.48. The van der Waals surface area contributed by atoms with E-state index in [1.807, 2.05) is 4.90 Å². The average molecular weight is 546 g/mol. The lowest BCUT2D eigenvalue weighted by atomic mass is 9.77. The Bertz CT molecular complexity index is 2000. The molecule has 0 radical (unpaired) electrons. The van der Waals surface area contributed by atoms with Gasteiger partial charge in [0.1, 0.15) is 0 Å². The first kappa shape index (κ1) is 24.7. The molecular formula is C38H31N3O. The first-order valence-corrected chi connectivity index (χ1v) is 14.6. The third-order valence-corrected chi connectivity index (χ3v) is 8.91. The van der Waals surface area contributed by atoms with Crippen LogP contribution in [0.25, 0.3) is 22.2 Å². The zero-order chi connectivity index (χ0) is 28.4. The summed E-state index contributed by atoms with van der Waals surface area (Å²) in [6.07, 6.45) is 0. The van der Waals surface area contributed by atoms with E-state index in [9.17, 15) is 0 Å². The molecule has 1 aromatic heterocycles. The van der Waals surface area contributed by atoms with Crippen LogP contribution in [-0.2, 0) is 23.4 Å². The van der Waals surface area contributed by atoms with E-state index < -0.39 is 5.54 Å². The van der Waals surface area contributed by atoms with E-state index in [2.05, 4.69) is 145 Å². The monoisotopic (exact) mass is 545 g/mol. The molecule has 0 bridgehead atoms. The van der Waals surface area contributed by atoms with Crippen molar-refractivity contribution in [3.63, 3.8) is 0 Å². The van der Waals surface area contributed by atoms with Crippen molar-refractivity contribution in [1.29, 1.82) is 0 Å². The second-order valence-electron chi connectivity index (χ2n) is 11.6. The van der Waals surface area contributed by atoms with Gasteiger partial charge in [0.05, 0.1) is 17.9 Å². The third kappa shape index (κ3) is 3.51. The summed E-state index contributed by atoms with van der Waals surface area (Å²) in [5.74, 6) is 0.0574. The summed E-state index contributed by atoms with van der Waals surface area (Å²) < 4.78 is 2.41. The van der Waals surface area contributed by atoms with Gasteiger partial charge in [0.2, 0.25) is 0 Å². The van der Waals surface area contributed by atoms with Crippen molar-refractivity contribution >= 4 is 28.2 Å². The number of amides is 1. The zero-order valence-electron chi connectivity index (χ0n) is 23.8. The third-order valence-electron chi connectivity index (χ3n) is 8.91. The number of fused-ring (bicyclic) bond motifs is 8. The van der Waals surface area contributed by atoms with Crippen molar-refractivity contribution < 1.29 is 4.79 Å². The van der Waals surface area contributed by atoms with Gasteiger partial charge in [-0.15, -0.1) is 0 Å². The number of para-hydroxylation sites is 2. The lowest BCUT2D eigenvalue weighted by molar-refractivity contribution is -0.121. The second kappa shape index (κ2) is 9.22. The highest BCUT2D eigenvalue weighted by Gasteiger charge is 2.57. The van der Waals surface area contributed by atoms with E-state index in [-0.39, 0.29) is 5.91 Å². The Kier molecular flexibility index (Phi) is 5.42. The Labute approximate surface area is 245 Å². The van der Waals surface area contributed by atoms with E-state index in [4.69, 9.17) is 0 Å². The largest absolute Gasteiger partial charge is 0.363 e. The van der Waals surface area contributed by atoms with Crippen molar-refractivity contribution in [2.24, 2.45) is 0 Å². The first-order chi connectivity index (χ1) is 20.5. The molecule has 5 aromatic carbocycles. The number of carbonyl (C=O) groups is 1. The fourth-order valence-electron chi connectivity index (χ4n) is 6.96. The predicted octanol–water partition coefficient (Wildman–Crippen LogP) is 8.19. The molecule has 1 atom stereocenters. The van der Waals surface area contributed by atoms with Gasteiger partial charge in [-0.05, 0) is 43.2 Å². The quantitative estimate of drug-likeness (QED) is 0.242. The van der Waals surface area contributed by atoms with Crippen LogP contribution in [0.15, 0.2) is 121 Å². The van der Waals surface area contributed by atoms with Gasteiger partial charge in [-0.1, -0.05) is 114 Å². The zero-order valence-corrected chi connectivity index (χ0v) is 23.8. The molecule has 4 nitrogen and oxygen atoms in total. The molecule has 1 unspecified atom stereocenters. The van der Waals surface area contributed by atoms with Gasteiger partial charge in [0.15, 0.2) is 5.54 Å². The molecular weight excluding hydrogens is 514 g/mol. The highest BCUT2D eigenvalue weighted by Crippen LogP contribution is 2.56. The summed E-state index contributed by atoms with van der Waals surface area (Å²) >= 11 is 0. The van der Waals surface area contributed by atoms with Crippen LogP contribution in [0.4, 0.5) is 11.4 Å². The van der Waals surface area contributed by atoms with E-state index in [0.717, 1.165) is 55.8 Å². The predicted molar refractivity (Wildman–Crippen MR) is 171 cm³/mol. The van der Waals surface area contributed by atoms with Gasteiger partial charge in [-0.3, -0.25) is 4.79 Å². The minimum atomic E-state index is -1.06. The highest BCUT2D eigenvalue weighted by molar-refractivity contribution is 6.17. The standard InChI is InChI=1S/C38H31N3O/c1-25-16-19-28(20-17-25)24-41-34-21-18-26(2)22-31(34)38(37(41)42)35-30-13-7-9-15-33(30)40(23-27-10-4-3-5-11-27)36(35)29-12-6-8-14-32(29)39-38/h3-22,39H,23-24H2,1-2H3. The smallest absolute Gasteiger partial charge is 0.262 e. The number of benzene rings is 5. The molecule has 42 heavy (non-hydrogen) atoms. The van der Waals surface area contributed by atoms with Gasteiger partial charge in [-0.2, -0.15) is 0 Å². The van der Waals surface area contributed by atoms with Crippen LogP contribution in [0.1, 0.15) is 33.4 Å². The van der Waals surface area contributed by atoms with Crippen LogP contribution in [0.5, 0.6) is 0 Å². The van der Waals surface area contributed by atoms with E-state index in [1.165, 1.54) is 11.1 Å². The summed E-state index contributed by atoms with van der Waals surface area (Å²) in [6.45, 7) is 5.42. The second-order valence-corrected chi connectivity index (χ2v) is 11.6. The van der Waals surface area contributed by atoms with Gasteiger partial charge < -0.3 is 14.8 Å². The summed E-state index contributed by atoms with van der Waals surface area (Å²) in [5, 5.41) is 4.95. The molecule has 0 aliphatic carbocycles. The van der Waals surface area contributed by atoms with E-state index >= 15 is 4.79 Å². The minimum absolute atomic E-state index is 0.0574. The molecule has 4 heteroatoms. The summed E-state index contributed by atoms with van der Waals surface area (Å²) in [5.41, 5.74) is 10.9. The van der Waals surface area contributed by atoms with Crippen molar-refractivity contribution in [3.05, 3.63) is 155 Å². The van der Waals surface area contributed by atoms with Crippen LogP contribution in [0.3, 0.4) is 0 Å². The normalized spacial score (nSPS) is 16.8. The van der Waals surface area contributed by atoms with E-state index in [1.54, 1.807) is 0 Å². The number of aryl methyl sites for hydroxylation is 2. The van der Waals surface area contributed by atoms with Gasteiger partial charge in [-0.25, -0.2) is 0 Å². The van der Waals surface area contributed by atoms with Crippen LogP contribution >= 0.6 is 0 Å². The van der Waals surface area contributed by atoms with Gasteiger partial charge >= 0.3 is 0 Å². The fraction of sp³-hybridized carbons (Fsp3) is 0.132. The number of anilines is 2. The molecule has 2 aliphatic heterocycles. The lowest BCUT2D eigenvalue weighted by Gasteiger charge is -2.37. The van der Waals surface area contributed by atoms with Crippen LogP contribution in [-0.4, -0.2) is 10.5 Å². The Hall–Kier alpha value is -5.09. The summed E-state index contributed by atoms with van der Waals surface area (Å²) in [6, 6.07) is 42.5. The first-order valence-electron chi connectivity index (χ1n) is 14.6. The van der Waals surface area contributed by atoms with Crippen molar-refractivity contribution in [2.75, 3.05) is 10.2 Å². The van der Waals surface area contributed by atoms with Gasteiger partial charge in [0, 0.05) is 39.8 Å². The molecule has 1 amide bonds. The molecule has 0 saturated carbocycles. The maximum absolute atomic E-state index is 15.2. The fourth-order valence-corrected chi connectivity index (χ4v) is 6.96. The van der Waals surface area contributed by atoms with E-state index in [0.29, 0.717) is 13.1 Å². The molecule has 1 N–H and O–H groups in total. The Morgan fingerprint density at radius 1 is 0.690 bits per heavy atom. The maximum atomic E-state index is 15.2. The number of hydrogen-bond donors (Lipinski definition) is 1. The number of nitrogens with zero attached hydrogens (tertiary/aromatic N) is 2. The molecule has 1 spiro atoms. The number of carbonyl (C=O) groups excluding carboxylic acids is 1. The molecule has 6 aromatic rings. The number of rotatable bonds is 4. The minimum Gasteiger partial charge on any atom is -0.363 e. The summed E-state index contributed by atoms with van der Waals surface area (Å²) in [4.78, 5) is 17.1. The van der Waals surface area contributed by atoms with Gasteiger partial charge in [0.25, 0.3) is 5.91 Å². The molecule has 204 valence electrons. The van der Waals surface area contributed by atoms with Crippen LogP contribution in [0.2, 0.25) is 0 Å². The Morgan fingerprint density at radius 3 is 2.21 bits per heavy atom.